The predicted octanol–water partition coefficient (Wildman–Crippen LogP) is 3.83. The first kappa shape index (κ1) is 17.1. The number of thiophene rings is 2. The van der Waals surface area contributed by atoms with Gasteiger partial charge in [0.1, 0.15) is 21.9 Å². The second-order valence-corrected chi connectivity index (χ2v) is 9.48. The third kappa shape index (κ3) is 2.74. The van der Waals surface area contributed by atoms with Crippen molar-refractivity contribution in [2.45, 2.75) is 31.8 Å². The minimum atomic E-state index is -0.849. The molecule has 1 fully saturated rings. The fraction of sp³-hybridized carbons (Fsp3) is 0.421. The van der Waals surface area contributed by atoms with E-state index in [-0.39, 0.29) is 5.60 Å². The normalized spacial score (nSPS) is 18.8. The fourth-order valence-electron chi connectivity index (χ4n) is 4.23. The van der Waals surface area contributed by atoms with Crippen molar-refractivity contribution in [1.29, 1.82) is 0 Å². The van der Waals surface area contributed by atoms with E-state index in [2.05, 4.69) is 27.9 Å². The highest BCUT2D eigenvalue weighted by molar-refractivity contribution is 7.18. The molecular formula is C19H19N3O3S2. The molecule has 0 aromatic carbocycles. The van der Waals surface area contributed by atoms with Crippen LogP contribution in [0, 0.1) is 6.92 Å². The number of piperidine rings is 1. The average Bonchev–Trinajstić information content (AvgIpc) is 3.26. The van der Waals surface area contributed by atoms with Crippen molar-refractivity contribution in [3.05, 3.63) is 38.7 Å². The van der Waals surface area contributed by atoms with E-state index in [4.69, 9.17) is 4.74 Å². The van der Waals surface area contributed by atoms with Crippen LogP contribution in [0.25, 0.3) is 10.2 Å². The van der Waals surface area contributed by atoms with Gasteiger partial charge in [0, 0.05) is 29.3 Å². The third-order valence-corrected chi connectivity index (χ3v) is 7.66. The largest absolute Gasteiger partial charge is 0.477 e. The molecule has 1 N–H and O–H groups in total. The van der Waals surface area contributed by atoms with Crippen molar-refractivity contribution in [1.82, 2.24) is 9.97 Å². The molecular weight excluding hydrogens is 382 g/mol. The van der Waals surface area contributed by atoms with E-state index >= 15 is 0 Å². The number of aromatic nitrogens is 2. The Kier molecular flexibility index (Phi) is 3.96. The number of carbonyl (C=O) groups is 1. The molecule has 0 radical (unpaired) electrons. The van der Waals surface area contributed by atoms with E-state index < -0.39 is 5.97 Å². The average molecular weight is 402 g/mol. The third-order valence-electron chi connectivity index (χ3n) is 5.52. The lowest BCUT2D eigenvalue weighted by Gasteiger charge is -2.44. The highest BCUT2D eigenvalue weighted by atomic mass is 32.1. The lowest BCUT2D eigenvalue weighted by atomic mass is 9.82. The first-order valence-corrected chi connectivity index (χ1v) is 10.7. The zero-order chi connectivity index (χ0) is 18.6. The van der Waals surface area contributed by atoms with Crippen molar-refractivity contribution < 1.29 is 14.6 Å². The van der Waals surface area contributed by atoms with Gasteiger partial charge in [-0.15, -0.1) is 22.7 Å². The van der Waals surface area contributed by atoms with Crippen molar-refractivity contribution in [3.63, 3.8) is 0 Å². The molecule has 1 saturated heterocycles. The molecule has 0 atom stereocenters. The Hall–Kier alpha value is -2.03. The first-order valence-electron chi connectivity index (χ1n) is 9.02. The molecule has 0 unspecified atom stereocenters. The number of anilines is 1. The number of rotatable bonds is 2. The smallest absolute Gasteiger partial charge is 0.345 e. The summed E-state index contributed by atoms with van der Waals surface area (Å²) in [4.78, 5) is 26.5. The predicted molar refractivity (Wildman–Crippen MR) is 106 cm³/mol. The summed E-state index contributed by atoms with van der Waals surface area (Å²) in [6.07, 6.45) is 4.12. The van der Waals surface area contributed by atoms with Gasteiger partial charge in [-0.2, -0.15) is 0 Å². The zero-order valence-corrected chi connectivity index (χ0v) is 16.5. The monoisotopic (exact) mass is 401 g/mol. The van der Waals surface area contributed by atoms with Crippen molar-refractivity contribution in [3.8, 4) is 0 Å². The SMILES string of the molecule is Cc1cc2c(N3CCC4(CC3)OCCc3sc(C(=O)O)cc34)ncnc2s1. The van der Waals surface area contributed by atoms with E-state index in [9.17, 15) is 9.90 Å². The number of ether oxygens (including phenoxy) is 1. The minimum absolute atomic E-state index is 0.356. The van der Waals surface area contributed by atoms with Gasteiger partial charge < -0.3 is 14.7 Å². The van der Waals surface area contributed by atoms with Crippen molar-refractivity contribution in [2.24, 2.45) is 0 Å². The molecule has 5 rings (SSSR count). The summed E-state index contributed by atoms with van der Waals surface area (Å²) < 4.78 is 6.26. The van der Waals surface area contributed by atoms with Gasteiger partial charge >= 0.3 is 5.97 Å². The Morgan fingerprint density at radius 3 is 2.85 bits per heavy atom. The van der Waals surface area contributed by atoms with Crippen LogP contribution < -0.4 is 4.90 Å². The maximum absolute atomic E-state index is 11.4. The number of nitrogens with zero attached hydrogens (tertiary/aromatic N) is 3. The Labute approximate surface area is 164 Å². The molecule has 2 aliphatic heterocycles. The maximum Gasteiger partial charge on any atom is 0.345 e. The molecule has 5 heterocycles. The zero-order valence-electron chi connectivity index (χ0n) is 14.9. The van der Waals surface area contributed by atoms with Crippen LogP contribution >= 0.6 is 22.7 Å². The van der Waals surface area contributed by atoms with Crippen LogP contribution in [-0.2, 0) is 16.8 Å². The Morgan fingerprint density at radius 1 is 1.26 bits per heavy atom. The number of carboxylic acids is 1. The van der Waals surface area contributed by atoms with Crippen LogP contribution in [0.15, 0.2) is 18.5 Å². The summed E-state index contributed by atoms with van der Waals surface area (Å²) in [7, 11) is 0. The number of aromatic carboxylic acids is 1. The van der Waals surface area contributed by atoms with Gasteiger partial charge in [-0.3, -0.25) is 0 Å². The van der Waals surface area contributed by atoms with Crippen molar-refractivity contribution in [2.75, 3.05) is 24.6 Å². The van der Waals surface area contributed by atoms with Gasteiger partial charge in [-0.1, -0.05) is 0 Å². The first-order chi connectivity index (χ1) is 13.1. The summed E-state index contributed by atoms with van der Waals surface area (Å²) in [6.45, 7) is 4.42. The quantitative estimate of drug-likeness (QED) is 0.703. The standard InChI is InChI=1S/C19H19N3O3S2/c1-11-8-12-16(20-10-21-17(12)26-11)22-5-3-19(4-6-22)13-9-15(18(23)24)27-14(13)2-7-25-19/h8-10H,2-7H2,1H3,(H,23,24). The summed E-state index contributed by atoms with van der Waals surface area (Å²) in [5, 5.41) is 10.5. The summed E-state index contributed by atoms with van der Waals surface area (Å²) in [6, 6.07) is 4.00. The van der Waals surface area contributed by atoms with Crippen LogP contribution in [0.1, 0.15) is 37.8 Å². The topological polar surface area (TPSA) is 75.5 Å². The van der Waals surface area contributed by atoms with Gasteiger partial charge in [-0.05, 0) is 37.5 Å². The van der Waals surface area contributed by atoms with Crippen LogP contribution in [0.3, 0.4) is 0 Å². The molecule has 0 bridgehead atoms. The lowest BCUT2D eigenvalue weighted by Crippen LogP contribution is -2.46. The minimum Gasteiger partial charge on any atom is -0.477 e. The number of hydrogen-bond donors (Lipinski definition) is 1. The Morgan fingerprint density at radius 2 is 2.07 bits per heavy atom. The molecule has 3 aromatic heterocycles. The number of carboxylic acid groups (broad SMARTS) is 1. The molecule has 2 aliphatic rings. The maximum atomic E-state index is 11.4. The van der Waals surface area contributed by atoms with E-state index in [1.54, 1.807) is 17.7 Å². The number of hydrogen-bond acceptors (Lipinski definition) is 7. The Balaban J connectivity index is 1.44. The summed E-state index contributed by atoms with van der Waals surface area (Å²) >= 11 is 3.09. The number of aryl methyl sites for hydroxylation is 1. The lowest BCUT2D eigenvalue weighted by molar-refractivity contribution is -0.0757. The highest BCUT2D eigenvalue weighted by Gasteiger charge is 2.42. The van der Waals surface area contributed by atoms with Crippen LogP contribution in [0.2, 0.25) is 0 Å². The Bertz CT molecular complexity index is 1030. The van der Waals surface area contributed by atoms with Gasteiger partial charge in [-0.25, -0.2) is 14.8 Å². The second kappa shape index (κ2) is 6.25. The van der Waals surface area contributed by atoms with Crippen LogP contribution in [-0.4, -0.2) is 40.7 Å². The van der Waals surface area contributed by atoms with E-state index in [1.165, 1.54) is 21.1 Å². The van der Waals surface area contributed by atoms with Gasteiger partial charge in [0.25, 0.3) is 0 Å². The number of fused-ring (bicyclic) bond motifs is 3. The molecule has 0 aliphatic carbocycles. The molecule has 6 nitrogen and oxygen atoms in total. The molecule has 0 saturated carbocycles. The van der Waals surface area contributed by atoms with Gasteiger partial charge in [0.05, 0.1) is 17.6 Å². The molecule has 8 heteroatoms. The highest BCUT2D eigenvalue weighted by Crippen LogP contribution is 2.45. The fourth-order valence-corrected chi connectivity index (χ4v) is 6.14. The van der Waals surface area contributed by atoms with Crippen LogP contribution in [0.4, 0.5) is 5.82 Å². The summed E-state index contributed by atoms with van der Waals surface area (Å²) in [5.41, 5.74) is 0.736. The molecule has 0 amide bonds. The second-order valence-electron chi connectivity index (χ2n) is 7.11. The molecule has 27 heavy (non-hydrogen) atoms. The molecule has 3 aromatic rings. The van der Waals surface area contributed by atoms with E-state index in [0.29, 0.717) is 11.5 Å². The summed E-state index contributed by atoms with van der Waals surface area (Å²) in [5.74, 6) is 0.143. The molecule has 140 valence electrons. The van der Waals surface area contributed by atoms with Crippen LogP contribution in [0.5, 0.6) is 0 Å². The van der Waals surface area contributed by atoms with E-state index in [1.807, 2.05) is 6.07 Å². The van der Waals surface area contributed by atoms with E-state index in [0.717, 1.165) is 53.9 Å². The van der Waals surface area contributed by atoms with Crippen molar-refractivity contribution >= 4 is 44.7 Å². The molecule has 1 spiro atoms. The van der Waals surface area contributed by atoms with Gasteiger partial charge in [0.2, 0.25) is 0 Å². The van der Waals surface area contributed by atoms with Gasteiger partial charge in [0.15, 0.2) is 0 Å².